The van der Waals surface area contributed by atoms with E-state index in [9.17, 15) is 14.4 Å². The zero-order valence-corrected chi connectivity index (χ0v) is 40.9. The van der Waals surface area contributed by atoms with Crippen molar-refractivity contribution >= 4 is 17.9 Å². The van der Waals surface area contributed by atoms with Crippen LogP contribution in [0.4, 0.5) is 0 Å². The standard InChI is InChI=1S/C55H102O6/c1-4-7-10-13-16-19-21-23-25-27-28-30-31-33-36-39-42-45-48-54(57)60-51-52(50-59-53(56)47-44-41-38-35-18-15-12-9-6-3)61-55(58)49-46-43-40-37-34-32-29-26-24-22-20-17-14-11-8-5-2/h28,30,35,38,52H,4-27,29,31-34,36-37,39-51H2,1-3H3/b30-28-,38-35-. The van der Waals surface area contributed by atoms with Crippen molar-refractivity contribution < 1.29 is 28.6 Å². The zero-order valence-electron chi connectivity index (χ0n) is 40.9. The number of ether oxygens (including phenoxy) is 3. The van der Waals surface area contributed by atoms with Crippen molar-refractivity contribution in [2.75, 3.05) is 13.2 Å². The second-order valence-corrected chi connectivity index (χ2v) is 18.1. The number of rotatable bonds is 49. The van der Waals surface area contributed by atoms with E-state index in [2.05, 4.69) is 45.1 Å². The topological polar surface area (TPSA) is 78.9 Å². The van der Waals surface area contributed by atoms with E-state index in [0.717, 1.165) is 64.2 Å². The minimum atomic E-state index is -0.780. The Morgan fingerprint density at radius 1 is 0.311 bits per heavy atom. The van der Waals surface area contributed by atoms with Crippen LogP contribution in [0.2, 0.25) is 0 Å². The van der Waals surface area contributed by atoms with Crippen molar-refractivity contribution in [2.45, 2.75) is 297 Å². The number of allylic oxidation sites excluding steroid dienone is 4. The molecule has 61 heavy (non-hydrogen) atoms. The first-order valence-electron chi connectivity index (χ1n) is 26.8. The van der Waals surface area contributed by atoms with Gasteiger partial charge < -0.3 is 14.2 Å². The molecule has 0 radical (unpaired) electrons. The van der Waals surface area contributed by atoms with Gasteiger partial charge in [0.15, 0.2) is 6.10 Å². The minimum Gasteiger partial charge on any atom is -0.462 e. The molecule has 0 aliphatic carbocycles. The van der Waals surface area contributed by atoms with Crippen molar-refractivity contribution in [3.8, 4) is 0 Å². The largest absolute Gasteiger partial charge is 0.462 e. The maximum Gasteiger partial charge on any atom is 0.306 e. The van der Waals surface area contributed by atoms with Gasteiger partial charge in [0.1, 0.15) is 13.2 Å². The Hall–Kier alpha value is -2.11. The number of esters is 3. The van der Waals surface area contributed by atoms with E-state index in [1.807, 2.05) is 0 Å². The molecule has 0 spiro atoms. The summed E-state index contributed by atoms with van der Waals surface area (Å²) in [6, 6.07) is 0. The summed E-state index contributed by atoms with van der Waals surface area (Å²) < 4.78 is 16.8. The van der Waals surface area contributed by atoms with Crippen LogP contribution < -0.4 is 0 Å². The predicted molar refractivity (Wildman–Crippen MR) is 261 cm³/mol. The van der Waals surface area contributed by atoms with Crippen LogP contribution in [-0.4, -0.2) is 37.2 Å². The first-order chi connectivity index (χ1) is 30.0. The molecule has 358 valence electrons. The second kappa shape index (κ2) is 50.5. The highest BCUT2D eigenvalue weighted by Gasteiger charge is 2.19. The van der Waals surface area contributed by atoms with Crippen molar-refractivity contribution in [2.24, 2.45) is 0 Å². The lowest BCUT2D eigenvalue weighted by atomic mass is 10.0. The molecule has 0 aliphatic heterocycles. The highest BCUT2D eigenvalue weighted by Crippen LogP contribution is 2.16. The lowest BCUT2D eigenvalue weighted by Crippen LogP contribution is -2.30. The molecule has 0 saturated carbocycles. The summed E-state index contributed by atoms with van der Waals surface area (Å²) in [5.41, 5.74) is 0. The molecule has 0 heterocycles. The molecule has 0 aliphatic rings. The number of unbranched alkanes of at least 4 members (excludes halogenated alkanes) is 34. The molecule has 0 aromatic carbocycles. The third-order valence-corrected chi connectivity index (χ3v) is 11.9. The SMILES string of the molecule is CCCCCC/C=C\CCCC(=O)OCC(COC(=O)CCCCCCC/C=C\CCCCCCCCCCC)OC(=O)CCCCCCCCCCCCCCCCCC. The zero-order chi connectivity index (χ0) is 44.4. The summed E-state index contributed by atoms with van der Waals surface area (Å²) in [4.78, 5) is 37.9. The van der Waals surface area contributed by atoms with Gasteiger partial charge >= 0.3 is 17.9 Å². The summed E-state index contributed by atoms with van der Waals surface area (Å²) in [5.74, 6) is -0.910. The van der Waals surface area contributed by atoms with E-state index >= 15 is 0 Å². The van der Waals surface area contributed by atoms with Crippen molar-refractivity contribution in [1.82, 2.24) is 0 Å². The summed E-state index contributed by atoms with van der Waals surface area (Å²) >= 11 is 0. The lowest BCUT2D eigenvalue weighted by molar-refractivity contribution is -0.167. The highest BCUT2D eigenvalue weighted by molar-refractivity contribution is 5.71. The van der Waals surface area contributed by atoms with Crippen molar-refractivity contribution in [3.05, 3.63) is 24.3 Å². The average molecular weight is 859 g/mol. The highest BCUT2D eigenvalue weighted by atomic mass is 16.6. The number of carbonyl (C=O) groups excluding carboxylic acids is 3. The Labute approximate surface area is 379 Å². The fourth-order valence-corrected chi connectivity index (χ4v) is 7.85. The molecule has 1 atom stereocenters. The van der Waals surface area contributed by atoms with E-state index in [-0.39, 0.29) is 31.1 Å². The van der Waals surface area contributed by atoms with Crippen LogP contribution in [0.5, 0.6) is 0 Å². The van der Waals surface area contributed by atoms with Crippen LogP contribution >= 0.6 is 0 Å². The Balaban J connectivity index is 4.29. The molecule has 0 N–H and O–H groups in total. The van der Waals surface area contributed by atoms with E-state index in [1.54, 1.807) is 0 Å². The molecule has 0 fully saturated rings. The van der Waals surface area contributed by atoms with Gasteiger partial charge in [-0.05, 0) is 64.2 Å². The molecule has 0 bridgehead atoms. The first-order valence-corrected chi connectivity index (χ1v) is 26.8. The Bertz CT molecular complexity index is 989. The van der Waals surface area contributed by atoms with Gasteiger partial charge in [-0.15, -0.1) is 0 Å². The third kappa shape index (κ3) is 48.8. The van der Waals surface area contributed by atoms with Crippen LogP contribution in [0.3, 0.4) is 0 Å². The van der Waals surface area contributed by atoms with Gasteiger partial charge in [0.2, 0.25) is 0 Å². The number of hydrogen-bond acceptors (Lipinski definition) is 6. The van der Waals surface area contributed by atoms with Crippen molar-refractivity contribution in [3.63, 3.8) is 0 Å². The van der Waals surface area contributed by atoms with Crippen molar-refractivity contribution in [1.29, 1.82) is 0 Å². The molecule has 0 aromatic heterocycles. The summed E-state index contributed by atoms with van der Waals surface area (Å²) in [7, 11) is 0. The van der Waals surface area contributed by atoms with E-state index in [4.69, 9.17) is 14.2 Å². The van der Waals surface area contributed by atoms with Crippen LogP contribution in [0.15, 0.2) is 24.3 Å². The van der Waals surface area contributed by atoms with E-state index in [0.29, 0.717) is 19.3 Å². The van der Waals surface area contributed by atoms with E-state index in [1.165, 1.54) is 186 Å². The lowest BCUT2D eigenvalue weighted by Gasteiger charge is -2.18. The van der Waals surface area contributed by atoms with Gasteiger partial charge in [0.25, 0.3) is 0 Å². The number of hydrogen-bond donors (Lipinski definition) is 0. The van der Waals surface area contributed by atoms with Gasteiger partial charge in [-0.1, -0.05) is 231 Å². The summed E-state index contributed by atoms with van der Waals surface area (Å²) in [5, 5.41) is 0. The van der Waals surface area contributed by atoms with Crippen LogP contribution in [0, 0.1) is 0 Å². The molecular weight excluding hydrogens is 757 g/mol. The Morgan fingerprint density at radius 2 is 0.557 bits per heavy atom. The molecule has 0 saturated heterocycles. The van der Waals surface area contributed by atoms with Gasteiger partial charge in [0, 0.05) is 19.3 Å². The maximum atomic E-state index is 12.8. The normalized spacial score (nSPS) is 12.1. The molecule has 6 nitrogen and oxygen atoms in total. The third-order valence-electron chi connectivity index (χ3n) is 11.9. The Kier molecular flexibility index (Phi) is 48.8. The fraction of sp³-hybridized carbons (Fsp3) is 0.873. The van der Waals surface area contributed by atoms with Gasteiger partial charge in [-0.2, -0.15) is 0 Å². The molecule has 0 rings (SSSR count). The molecule has 0 amide bonds. The predicted octanol–water partition coefficient (Wildman–Crippen LogP) is 17.5. The monoisotopic (exact) mass is 859 g/mol. The minimum absolute atomic E-state index is 0.0804. The fourth-order valence-electron chi connectivity index (χ4n) is 7.85. The van der Waals surface area contributed by atoms with E-state index < -0.39 is 6.10 Å². The molecule has 6 heteroatoms. The summed E-state index contributed by atoms with van der Waals surface area (Å²) in [6.07, 6.45) is 57.5. The van der Waals surface area contributed by atoms with Gasteiger partial charge in [-0.25, -0.2) is 0 Å². The van der Waals surface area contributed by atoms with Crippen LogP contribution in [0.1, 0.15) is 290 Å². The molecule has 0 aromatic rings. The Morgan fingerprint density at radius 3 is 0.902 bits per heavy atom. The van der Waals surface area contributed by atoms with Gasteiger partial charge in [-0.3, -0.25) is 14.4 Å². The smallest absolute Gasteiger partial charge is 0.306 e. The second-order valence-electron chi connectivity index (χ2n) is 18.1. The van der Waals surface area contributed by atoms with Crippen LogP contribution in [0.25, 0.3) is 0 Å². The number of carbonyl (C=O) groups is 3. The van der Waals surface area contributed by atoms with Gasteiger partial charge in [0.05, 0.1) is 0 Å². The summed E-state index contributed by atoms with van der Waals surface area (Å²) in [6.45, 7) is 6.61. The van der Waals surface area contributed by atoms with Crippen LogP contribution in [-0.2, 0) is 28.6 Å². The maximum absolute atomic E-state index is 12.8. The average Bonchev–Trinajstić information content (AvgIpc) is 3.26. The first kappa shape index (κ1) is 58.9. The molecular formula is C55H102O6. The quantitative estimate of drug-likeness (QED) is 0.0262. The molecule has 1 unspecified atom stereocenters.